The number of hydrogen-bond acceptors (Lipinski definition) is 1. The molecule has 0 aromatic rings. The maximum atomic E-state index is 6.24. The molecule has 0 aromatic heterocycles. The Morgan fingerprint density at radius 3 is 2.21 bits per heavy atom. The predicted molar refractivity (Wildman–Crippen MR) is 64.7 cm³/mol. The Bertz CT molecular complexity index is 218. The van der Waals surface area contributed by atoms with Crippen molar-refractivity contribution in [2.45, 2.75) is 51.7 Å². The molecule has 0 atom stereocenters. The number of hydrogen-bond donors (Lipinski definition) is 0. The Hall–Kier alpha value is -0.503. The summed E-state index contributed by atoms with van der Waals surface area (Å²) in [5.41, 5.74) is 0. The first-order chi connectivity index (χ1) is 6.76. The van der Waals surface area contributed by atoms with E-state index in [4.69, 9.17) is 4.43 Å². The van der Waals surface area contributed by atoms with Crippen molar-refractivity contribution in [3.8, 4) is 0 Å². The van der Waals surface area contributed by atoms with Gasteiger partial charge in [-0.3, -0.25) is 0 Å². The second-order valence-electron chi connectivity index (χ2n) is 3.93. The highest BCUT2D eigenvalue weighted by atomic mass is 28.4. The summed E-state index contributed by atoms with van der Waals surface area (Å²) in [7, 11) is -1.42. The summed E-state index contributed by atoms with van der Waals surface area (Å²) >= 11 is 0. The first kappa shape index (κ1) is 11.6. The van der Waals surface area contributed by atoms with Crippen LogP contribution in [0.15, 0.2) is 24.0 Å². The Morgan fingerprint density at radius 2 is 1.79 bits per heavy atom. The van der Waals surface area contributed by atoms with Crippen LogP contribution in [0.2, 0.25) is 18.1 Å². The quantitative estimate of drug-likeness (QED) is 0.617. The van der Waals surface area contributed by atoms with Crippen molar-refractivity contribution in [3.63, 3.8) is 0 Å². The van der Waals surface area contributed by atoms with Gasteiger partial charge in [0.2, 0.25) is 8.32 Å². The molecule has 0 N–H and O–H groups in total. The van der Waals surface area contributed by atoms with E-state index >= 15 is 0 Å². The summed E-state index contributed by atoms with van der Waals surface area (Å²) in [6.45, 7) is 6.81. The van der Waals surface area contributed by atoms with Crippen LogP contribution in [0.25, 0.3) is 0 Å². The normalized spacial score (nSPS) is 16.6. The fourth-order valence-corrected chi connectivity index (χ4v) is 4.47. The van der Waals surface area contributed by atoms with Crippen molar-refractivity contribution >= 4 is 8.32 Å². The molecule has 0 saturated heterocycles. The summed E-state index contributed by atoms with van der Waals surface area (Å²) in [5.74, 6) is 1.13. The lowest BCUT2D eigenvalue weighted by Crippen LogP contribution is -2.35. The molecule has 1 aliphatic carbocycles. The van der Waals surface area contributed by atoms with Crippen LogP contribution in [0.4, 0.5) is 0 Å². The molecule has 0 unspecified atom stereocenters. The maximum absolute atomic E-state index is 6.24. The molecule has 0 saturated carbocycles. The van der Waals surface area contributed by atoms with Gasteiger partial charge in [0.1, 0.15) is 0 Å². The minimum absolute atomic E-state index is 1.13. The molecule has 0 amide bonds. The molecule has 0 bridgehead atoms. The Kier molecular flexibility index (Phi) is 4.46. The lowest BCUT2D eigenvalue weighted by atomic mass is 10.2. The van der Waals surface area contributed by atoms with Gasteiger partial charge >= 0.3 is 0 Å². The predicted octanol–water partition coefficient (Wildman–Crippen LogP) is 4.24. The Morgan fingerprint density at radius 1 is 1.14 bits per heavy atom. The standard InChI is InChI=1S/C12H22OSi/c1-4-14(5-2,6-3)13-12-10-8-7-9-11-12/h8,10-11H,4-7,9H2,1-3H3. The fourth-order valence-electron chi connectivity index (χ4n) is 1.88. The molecular weight excluding hydrogens is 188 g/mol. The van der Waals surface area contributed by atoms with E-state index in [-0.39, 0.29) is 0 Å². The number of rotatable bonds is 5. The maximum Gasteiger partial charge on any atom is 0.250 e. The van der Waals surface area contributed by atoms with E-state index in [1.807, 2.05) is 0 Å². The molecule has 0 aliphatic heterocycles. The summed E-state index contributed by atoms with van der Waals surface area (Å²) in [6, 6.07) is 3.68. The van der Waals surface area contributed by atoms with E-state index in [1.165, 1.54) is 24.6 Å². The topological polar surface area (TPSA) is 9.23 Å². The van der Waals surface area contributed by atoms with Crippen LogP contribution in [0, 0.1) is 0 Å². The molecule has 80 valence electrons. The lowest BCUT2D eigenvalue weighted by molar-refractivity contribution is 0.418. The zero-order chi connectivity index (χ0) is 10.4. The van der Waals surface area contributed by atoms with Crippen LogP contribution in [0.5, 0.6) is 0 Å². The summed E-state index contributed by atoms with van der Waals surface area (Å²) in [4.78, 5) is 0. The highest BCUT2D eigenvalue weighted by Gasteiger charge is 2.30. The molecule has 2 heteroatoms. The van der Waals surface area contributed by atoms with E-state index in [9.17, 15) is 0 Å². The van der Waals surface area contributed by atoms with Gasteiger partial charge in [0.25, 0.3) is 0 Å². The van der Waals surface area contributed by atoms with Crippen molar-refractivity contribution in [2.75, 3.05) is 0 Å². The van der Waals surface area contributed by atoms with Crippen molar-refractivity contribution < 1.29 is 4.43 Å². The van der Waals surface area contributed by atoms with Gasteiger partial charge in [-0.05, 0) is 43.1 Å². The Balaban J connectivity index is 2.63. The zero-order valence-corrected chi connectivity index (χ0v) is 10.7. The zero-order valence-electron chi connectivity index (χ0n) is 9.68. The third-order valence-corrected chi connectivity index (χ3v) is 7.76. The minimum atomic E-state index is -1.42. The largest absolute Gasteiger partial charge is 0.544 e. The van der Waals surface area contributed by atoms with Crippen molar-refractivity contribution in [2.24, 2.45) is 0 Å². The third-order valence-electron chi connectivity index (χ3n) is 3.23. The van der Waals surface area contributed by atoms with E-state index < -0.39 is 8.32 Å². The van der Waals surface area contributed by atoms with Crippen LogP contribution in [0.1, 0.15) is 33.6 Å². The number of allylic oxidation sites excluding steroid dienone is 3. The highest BCUT2D eigenvalue weighted by molar-refractivity contribution is 6.73. The van der Waals surface area contributed by atoms with Gasteiger partial charge in [0.05, 0.1) is 5.76 Å². The summed E-state index contributed by atoms with van der Waals surface area (Å²) in [6.07, 6.45) is 8.92. The molecule has 0 aromatic carbocycles. The Labute approximate surface area is 89.0 Å². The fraction of sp³-hybridized carbons (Fsp3) is 0.667. The van der Waals surface area contributed by atoms with Crippen LogP contribution >= 0.6 is 0 Å². The van der Waals surface area contributed by atoms with Crippen molar-refractivity contribution in [3.05, 3.63) is 24.0 Å². The molecule has 14 heavy (non-hydrogen) atoms. The molecule has 0 fully saturated rings. The van der Waals surface area contributed by atoms with E-state index in [2.05, 4.69) is 39.0 Å². The second kappa shape index (κ2) is 5.40. The van der Waals surface area contributed by atoms with E-state index in [0.29, 0.717) is 0 Å². The smallest absolute Gasteiger partial charge is 0.250 e. The van der Waals surface area contributed by atoms with Crippen LogP contribution in [0.3, 0.4) is 0 Å². The van der Waals surface area contributed by atoms with Crippen LogP contribution in [-0.4, -0.2) is 8.32 Å². The van der Waals surface area contributed by atoms with Gasteiger partial charge in [0, 0.05) is 0 Å². The van der Waals surface area contributed by atoms with Gasteiger partial charge in [-0.1, -0.05) is 26.8 Å². The first-order valence-corrected chi connectivity index (χ1v) is 8.35. The SMILES string of the molecule is CC[Si](CC)(CC)OC1=CCCC=C1. The molecule has 1 nitrogen and oxygen atoms in total. The summed E-state index contributed by atoms with van der Waals surface area (Å²) in [5, 5.41) is 0. The van der Waals surface area contributed by atoms with Gasteiger partial charge < -0.3 is 4.43 Å². The van der Waals surface area contributed by atoms with Gasteiger partial charge in [-0.2, -0.15) is 0 Å². The van der Waals surface area contributed by atoms with Gasteiger partial charge in [0.15, 0.2) is 0 Å². The van der Waals surface area contributed by atoms with Crippen molar-refractivity contribution in [1.82, 2.24) is 0 Å². The first-order valence-electron chi connectivity index (χ1n) is 5.82. The van der Waals surface area contributed by atoms with E-state index in [0.717, 1.165) is 12.2 Å². The molecule has 0 spiro atoms. The summed E-state index contributed by atoms with van der Waals surface area (Å²) < 4.78 is 6.24. The van der Waals surface area contributed by atoms with E-state index in [1.54, 1.807) is 0 Å². The van der Waals surface area contributed by atoms with Crippen molar-refractivity contribution in [1.29, 1.82) is 0 Å². The average molecular weight is 210 g/mol. The monoisotopic (exact) mass is 210 g/mol. The van der Waals surface area contributed by atoms with Crippen LogP contribution < -0.4 is 0 Å². The minimum Gasteiger partial charge on any atom is -0.544 e. The van der Waals surface area contributed by atoms with Gasteiger partial charge in [-0.25, -0.2) is 0 Å². The molecule has 0 heterocycles. The van der Waals surface area contributed by atoms with Crippen LogP contribution in [-0.2, 0) is 4.43 Å². The molecule has 1 aliphatic rings. The second-order valence-corrected chi connectivity index (χ2v) is 8.62. The highest BCUT2D eigenvalue weighted by Crippen LogP contribution is 2.26. The average Bonchev–Trinajstić information content (AvgIpc) is 2.28. The lowest BCUT2D eigenvalue weighted by Gasteiger charge is -2.30. The van der Waals surface area contributed by atoms with Gasteiger partial charge in [-0.15, -0.1) is 0 Å². The molecule has 0 radical (unpaired) electrons. The molecule has 1 rings (SSSR count). The third kappa shape index (κ3) is 2.74. The molecular formula is C12H22OSi.